The van der Waals surface area contributed by atoms with Crippen molar-refractivity contribution in [2.24, 2.45) is 5.41 Å². The summed E-state index contributed by atoms with van der Waals surface area (Å²) in [5, 5.41) is 22.8. The maximum atomic E-state index is 9.97. The van der Waals surface area contributed by atoms with Crippen LogP contribution >= 0.6 is 0 Å². The van der Waals surface area contributed by atoms with Crippen LogP contribution < -0.4 is 5.32 Å². The highest BCUT2D eigenvalue weighted by atomic mass is 16.3. The van der Waals surface area contributed by atoms with E-state index in [1.54, 1.807) is 0 Å². The summed E-state index contributed by atoms with van der Waals surface area (Å²) >= 11 is 0. The van der Waals surface area contributed by atoms with Gasteiger partial charge in [0, 0.05) is 31.7 Å². The molecule has 0 radical (unpaired) electrons. The minimum atomic E-state index is -0.278. The second-order valence-corrected chi connectivity index (χ2v) is 6.16. The van der Waals surface area contributed by atoms with Crippen molar-refractivity contribution in [3.05, 3.63) is 0 Å². The number of nitrogens with zero attached hydrogens (tertiary/aromatic N) is 1. The Morgan fingerprint density at radius 2 is 1.78 bits per heavy atom. The van der Waals surface area contributed by atoms with E-state index in [1.807, 2.05) is 0 Å². The lowest BCUT2D eigenvalue weighted by Gasteiger charge is -2.28. The third-order valence-corrected chi connectivity index (χ3v) is 4.55. The third-order valence-electron chi connectivity index (χ3n) is 4.55. The molecule has 1 saturated heterocycles. The minimum absolute atomic E-state index is 0.0906. The van der Waals surface area contributed by atoms with Gasteiger partial charge in [-0.1, -0.05) is 12.8 Å². The van der Waals surface area contributed by atoms with Crippen LogP contribution in [0.4, 0.5) is 0 Å². The van der Waals surface area contributed by atoms with Crippen LogP contribution in [-0.4, -0.2) is 60.5 Å². The van der Waals surface area contributed by atoms with Gasteiger partial charge in [0.25, 0.3) is 0 Å². The number of hydrogen-bond donors (Lipinski definition) is 3. The lowest BCUT2D eigenvalue weighted by molar-refractivity contribution is 0.102. The van der Waals surface area contributed by atoms with Crippen molar-refractivity contribution >= 4 is 0 Å². The zero-order valence-corrected chi connectivity index (χ0v) is 11.4. The molecule has 4 heteroatoms. The van der Waals surface area contributed by atoms with Gasteiger partial charge in [0.15, 0.2) is 0 Å². The molecular formula is C14H28N2O2. The van der Waals surface area contributed by atoms with Crippen molar-refractivity contribution in [2.75, 3.05) is 39.3 Å². The maximum absolute atomic E-state index is 9.97. The number of aliphatic hydroxyl groups is 2. The van der Waals surface area contributed by atoms with E-state index in [2.05, 4.69) is 10.2 Å². The van der Waals surface area contributed by atoms with E-state index >= 15 is 0 Å². The number of rotatable bonds is 7. The summed E-state index contributed by atoms with van der Waals surface area (Å²) in [5.74, 6) is 0. The largest absolute Gasteiger partial charge is 0.396 e. The highest BCUT2D eigenvalue weighted by Crippen LogP contribution is 2.36. The predicted octanol–water partition coefficient (Wildman–Crippen LogP) is 0.585. The predicted molar refractivity (Wildman–Crippen MR) is 72.5 cm³/mol. The van der Waals surface area contributed by atoms with E-state index in [0.717, 1.165) is 39.0 Å². The normalized spacial score (nSPS) is 25.7. The number of aliphatic hydroxyl groups excluding tert-OH is 2. The molecule has 0 amide bonds. The molecular weight excluding hydrogens is 228 g/mol. The van der Waals surface area contributed by atoms with Gasteiger partial charge in [0.1, 0.15) is 0 Å². The molecule has 4 nitrogen and oxygen atoms in total. The molecule has 1 saturated carbocycles. The van der Waals surface area contributed by atoms with Crippen LogP contribution in [0.2, 0.25) is 0 Å². The summed E-state index contributed by atoms with van der Waals surface area (Å²) in [4.78, 5) is 2.34. The molecule has 0 spiro atoms. The average molecular weight is 256 g/mol. The molecule has 1 aliphatic heterocycles. The van der Waals surface area contributed by atoms with Crippen LogP contribution in [0.3, 0.4) is 0 Å². The van der Waals surface area contributed by atoms with E-state index in [1.165, 1.54) is 25.7 Å². The summed E-state index contributed by atoms with van der Waals surface area (Å²) in [6.45, 7) is 4.84. The summed E-state index contributed by atoms with van der Waals surface area (Å²) in [7, 11) is 0. The molecule has 1 atom stereocenters. The molecule has 0 bridgehead atoms. The Morgan fingerprint density at radius 3 is 2.39 bits per heavy atom. The van der Waals surface area contributed by atoms with Gasteiger partial charge in [0.2, 0.25) is 0 Å². The Labute approximate surface area is 110 Å². The molecule has 18 heavy (non-hydrogen) atoms. The van der Waals surface area contributed by atoms with E-state index in [4.69, 9.17) is 0 Å². The van der Waals surface area contributed by atoms with Gasteiger partial charge in [-0.05, 0) is 38.8 Å². The second-order valence-electron chi connectivity index (χ2n) is 6.16. The fourth-order valence-electron chi connectivity index (χ4n) is 3.35. The summed E-state index contributed by atoms with van der Waals surface area (Å²) in [6, 6.07) is 0. The third kappa shape index (κ3) is 3.92. The van der Waals surface area contributed by atoms with Crippen molar-refractivity contribution < 1.29 is 10.2 Å². The van der Waals surface area contributed by atoms with Crippen LogP contribution in [-0.2, 0) is 0 Å². The van der Waals surface area contributed by atoms with E-state index in [9.17, 15) is 10.2 Å². The Kier molecular flexibility index (Phi) is 5.42. The Hall–Kier alpha value is -0.160. The van der Waals surface area contributed by atoms with Crippen LogP contribution in [0.25, 0.3) is 0 Å². The van der Waals surface area contributed by atoms with Gasteiger partial charge in [-0.25, -0.2) is 0 Å². The zero-order chi connectivity index (χ0) is 12.8. The summed E-state index contributed by atoms with van der Waals surface area (Å²) < 4.78 is 0. The fourth-order valence-corrected chi connectivity index (χ4v) is 3.35. The van der Waals surface area contributed by atoms with Gasteiger partial charge in [-0.3, -0.25) is 0 Å². The molecule has 2 fully saturated rings. The first-order valence-corrected chi connectivity index (χ1v) is 7.46. The average Bonchev–Trinajstić information content (AvgIpc) is 3.01. The van der Waals surface area contributed by atoms with Gasteiger partial charge >= 0.3 is 0 Å². The van der Waals surface area contributed by atoms with Crippen LogP contribution in [0, 0.1) is 5.41 Å². The van der Waals surface area contributed by atoms with Crippen LogP contribution in [0.5, 0.6) is 0 Å². The van der Waals surface area contributed by atoms with Crippen molar-refractivity contribution in [1.29, 1.82) is 0 Å². The maximum Gasteiger partial charge on any atom is 0.0791 e. The summed E-state index contributed by atoms with van der Waals surface area (Å²) in [6.07, 6.45) is 6.98. The Bertz CT molecular complexity index is 236. The monoisotopic (exact) mass is 256 g/mol. The molecule has 1 heterocycles. The highest BCUT2D eigenvalue weighted by molar-refractivity contribution is 4.86. The fraction of sp³-hybridized carbons (Fsp3) is 1.00. The second kappa shape index (κ2) is 6.85. The van der Waals surface area contributed by atoms with Gasteiger partial charge < -0.3 is 20.4 Å². The first-order valence-electron chi connectivity index (χ1n) is 7.46. The molecule has 3 N–H and O–H groups in total. The molecule has 2 aliphatic rings. The molecule has 1 unspecified atom stereocenters. The van der Waals surface area contributed by atoms with Gasteiger partial charge in [-0.2, -0.15) is 0 Å². The molecule has 106 valence electrons. The minimum Gasteiger partial charge on any atom is -0.396 e. The molecule has 2 rings (SSSR count). The lowest BCUT2D eigenvalue weighted by atomic mass is 9.87. The quantitative estimate of drug-likeness (QED) is 0.624. The van der Waals surface area contributed by atoms with Crippen molar-refractivity contribution in [3.8, 4) is 0 Å². The van der Waals surface area contributed by atoms with E-state index < -0.39 is 0 Å². The first kappa shape index (κ1) is 14.3. The van der Waals surface area contributed by atoms with Gasteiger partial charge in [0.05, 0.1) is 6.10 Å². The number of likely N-dealkylation sites (tertiary alicyclic amines) is 1. The van der Waals surface area contributed by atoms with Gasteiger partial charge in [-0.15, -0.1) is 0 Å². The van der Waals surface area contributed by atoms with Crippen molar-refractivity contribution in [1.82, 2.24) is 10.2 Å². The van der Waals surface area contributed by atoms with Crippen LogP contribution in [0.15, 0.2) is 0 Å². The number of hydrogen-bond acceptors (Lipinski definition) is 4. The smallest absolute Gasteiger partial charge is 0.0791 e. The SMILES string of the molecule is OCC1(CNCC(O)CN2CCCC2)CCCC1. The molecule has 1 aliphatic carbocycles. The zero-order valence-electron chi connectivity index (χ0n) is 11.4. The molecule has 0 aromatic heterocycles. The highest BCUT2D eigenvalue weighted by Gasteiger charge is 2.32. The standard InChI is InChI=1S/C14H28N2O2/c17-12-14(5-1-2-6-14)11-15-9-13(18)10-16-7-3-4-8-16/h13,15,17-18H,1-12H2. The first-order chi connectivity index (χ1) is 8.74. The summed E-state index contributed by atoms with van der Waals surface area (Å²) in [5.41, 5.74) is 0.0906. The number of β-amino-alcohol motifs (C(OH)–C–C–N with tert-alkyl or cyclic N) is 1. The van der Waals surface area contributed by atoms with E-state index in [-0.39, 0.29) is 18.1 Å². The topological polar surface area (TPSA) is 55.7 Å². The molecule has 0 aromatic rings. The Balaban J connectivity index is 1.61. The van der Waals surface area contributed by atoms with E-state index in [0.29, 0.717) is 6.54 Å². The van der Waals surface area contributed by atoms with Crippen LogP contribution in [0.1, 0.15) is 38.5 Å². The number of nitrogens with one attached hydrogen (secondary N) is 1. The van der Waals surface area contributed by atoms with Crippen molar-refractivity contribution in [3.63, 3.8) is 0 Å². The lowest BCUT2D eigenvalue weighted by Crippen LogP contribution is -2.42. The van der Waals surface area contributed by atoms with Crippen molar-refractivity contribution in [2.45, 2.75) is 44.6 Å². The Morgan fingerprint density at radius 1 is 1.11 bits per heavy atom. The molecule has 0 aromatic carbocycles.